The van der Waals surface area contributed by atoms with E-state index in [-0.39, 0.29) is 24.5 Å². The van der Waals surface area contributed by atoms with Crippen molar-refractivity contribution < 1.29 is 14.3 Å². The van der Waals surface area contributed by atoms with Gasteiger partial charge in [-0.25, -0.2) is 0 Å². The topological polar surface area (TPSA) is 61.9 Å². The van der Waals surface area contributed by atoms with Crippen LogP contribution in [0.3, 0.4) is 0 Å². The maximum atomic E-state index is 12.3. The minimum Gasteiger partial charge on any atom is -0.365 e. The number of rotatable bonds is 7. The van der Waals surface area contributed by atoms with Gasteiger partial charge in [0, 0.05) is 31.1 Å². The third-order valence-corrected chi connectivity index (χ3v) is 7.07. The number of piperidine rings is 1. The third-order valence-electron chi connectivity index (χ3n) is 6.07. The summed E-state index contributed by atoms with van der Waals surface area (Å²) in [6, 6.07) is 3.80. The molecule has 2 aliphatic heterocycles. The van der Waals surface area contributed by atoms with E-state index in [1.54, 1.807) is 0 Å². The average Bonchev–Trinajstić information content (AvgIpc) is 3.40. The zero-order chi connectivity index (χ0) is 19.5. The molecule has 1 aliphatic carbocycles. The molecule has 0 radical (unpaired) electrons. The fraction of sp³-hybridized carbons (Fsp3) is 0.714. The zero-order valence-electron chi connectivity index (χ0n) is 16.7. The number of carbonyl (C=O) groups excluding carboxylic acids is 2. The lowest BCUT2D eigenvalue weighted by Gasteiger charge is -2.38. The van der Waals surface area contributed by atoms with Crippen LogP contribution in [-0.4, -0.2) is 73.6 Å². The van der Waals surface area contributed by atoms with E-state index in [2.05, 4.69) is 10.2 Å². The molecule has 154 valence electrons. The summed E-state index contributed by atoms with van der Waals surface area (Å²) in [7, 11) is 0. The molecule has 3 heterocycles. The molecule has 1 saturated carbocycles. The van der Waals surface area contributed by atoms with Crippen molar-refractivity contribution in [2.75, 3.05) is 45.9 Å². The van der Waals surface area contributed by atoms with Gasteiger partial charge >= 0.3 is 0 Å². The van der Waals surface area contributed by atoms with E-state index in [4.69, 9.17) is 4.74 Å². The van der Waals surface area contributed by atoms with Crippen molar-refractivity contribution >= 4 is 23.2 Å². The summed E-state index contributed by atoms with van der Waals surface area (Å²) < 4.78 is 5.66. The standard InChI is InChI=1S/C21H31N3O3S/c1-15-2-5-19(28-15)21(26)22-10-18-13-24(20(25)14-27-18)12-17-6-8-23(9-7-17)11-16-3-4-16/h2,5,16-18H,3-4,6-14H2,1H3,(H,22,26). The largest absolute Gasteiger partial charge is 0.365 e. The lowest BCUT2D eigenvalue weighted by molar-refractivity contribution is -0.149. The molecule has 4 rings (SSSR count). The molecule has 1 atom stereocenters. The molecule has 2 amide bonds. The van der Waals surface area contributed by atoms with Gasteiger partial charge in [-0.15, -0.1) is 11.3 Å². The Kier molecular flexibility index (Phi) is 6.33. The number of hydrogen-bond donors (Lipinski definition) is 1. The lowest BCUT2D eigenvalue weighted by atomic mass is 9.95. The number of nitrogens with zero attached hydrogens (tertiary/aromatic N) is 2. The quantitative estimate of drug-likeness (QED) is 0.755. The second-order valence-electron chi connectivity index (χ2n) is 8.54. The number of thiophene rings is 1. The minimum absolute atomic E-state index is 0.0619. The first-order chi connectivity index (χ1) is 13.6. The van der Waals surface area contributed by atoms with Crippen molar-refractivity contribution in [1.29, 1.82) is 0 Å². The Hall–Kier alpha value is -1.44. The normalized spacial score (nSPS) is 24.5. The summed E-state index contributed by atoms with van der Waals surface area (Å²) in [6.07, 6.45) is 5.04. The summed E-state index contributed by atoms with van der Waals surface area (Å²) in [6.45, 7) is 7.57. The molecule has 0 aromatic carbocycles. The van der Waals surface area contributed by atoms with E-state index in [0.717, 1.165) is 22.2 Å². The average molecular weight is 406 g/mol. The molecule has 6 nitrogen and oxygen atoms in total. The highest BCUT2D eigenvalue weighted by Gasteiger charge is 2.31. The highest BCUT2D eigenvalue weighted by Crippen LogP contribution is 2.31. The lowest BCUT2D eigenvalue weighted by Crippen LogP contribution is -2.52. The fourth-order valence-corrected chi connectivity index (χ4v) is 4.94. The number of carbonyl (C=O) groups is 2. The Bertz CT molecular complexity index is 695. The van der Waals surface area contributed by atoms with Crippen molar-refractivity contribution in [2.24, 2.45) is 11.8 Å². The first-order valence-electron chi connectivity index (χ1n) is 10.5. The molecule has 0 bridgehead atoms. The van der Waals surface area contributed by atoms with Crippen LogP contribution in [0.15, 0.2) is 12.1 Å². The fourth-order valence-electron chi connectivity index (χ4n) is 4.16. The van der Waals surface area contributed by atoms with Gasteiger partial charge in [0.2, 0.25) is 5.91 Å². The van der Waals surface area contributed by atoms with Crippen LogP contribution in [0.2, 0.25) is 0 Å². The number of likely N-dealkylation sites (tertiary alicyclic amines) is 1. The van der Waals surface area contributed by atoms with Crippen LogP contribution < -0.4 is 5.32 Å². The summed E-state index contributed by atoms with van der Waals surface area (Å²) in [5.41, 5.74) is 0. The van der Waals surface area contributed by atoms with Crippen LogP contribution in [0.4, 0.5) is 0 Å². The van der Waals surface area contributed by atoms with E-state index in [1.165, 1.54) is 56.7 Å². The number of morpholine rings is 1. The first-order valence-corrected chi connectivity index (χ1v) is 11.3. The molecule has 2 saturated heterocycles. The molecular formula is C21H31N3O3S. The van der Waals surface area contributed by atoms with Gasteiger partial charge in [0.1, 0.15) is 6.61 Å². The van der Waals surface area contributed by atoms with Crippen molar-refractivity contribution in [3.63, 3.8) is 0 Å². The molecule has 28 heavy (non-hydrogen) atoms. The third kappa shape index (κ3) is 5.33. The Labute approximate surface area is 171 Å². The minimum atomic E-state index is -0.127. The Morgan fingerprint density at radius 2 is 1.93 bits per heavy atom. The predicted octanol–water partition coefficient (Wildman–Crippen LogP) is 2.14. The number of hydrogen-bond acceptors (Lipinski definition) is 5. The van der Waals surface area contributed by atoms with Crippen LogP contribution in [0.1, 0.15) is 40.2 Å². The van der Waals surface area contributed by atoms with Gasteiger partial charge in [0.15, 0.2) is 0 Å². The SMILES string of the molecule is Cc1ccc(C(=O)NCC2CN(CC3CCN(CC4CC4)CC3)C(=O)CO2)s1. The molecular weight excluding hydrogens is 374 g/mol. The van der Waals surface area contributed by atoms with Crippen molar-refractivity contribution in [3.05, 3.63) is 21.9 Å². The van der Waals surface area contributed by atoms with Gasteiger partial charge in [-0.3, -0.25) is 9.59 Å². The molecule has 1 N–H and O–H groups in total. The molecule has 0 spiro atoms. The number of ether oxygens (including phenoxy) is 1. The number of nitrogens with one attached hydrogen (secondary N) is 1. The van der Waals surface area contributed by atoms with Gasteiger partial charge in [-0.2, -0.15) is 0 Å². The van der Waals surface area contributed by atoms with E-state index in [0.29, 0.717) is 19.0 Å². The Balaban J connectivity index is 1.21. The van der Waals surface area contributed by atoms with Gasteiger partial charge in [0.25, 0.3) is 5.91 Å². The van der Waals surface area contributed by atoms with E-state index >= 15 is 0 Å². The van der Waals surface area contributed by atoms with Crippen LogP contribution in [0.5, 0.6) is 0 Å². The van der Waals surface area contributed by atoms with Crippen molar-refractivity contribution in [2.45, 2.75) is 38.7 Å². The molecule has 1 aromatic rings. The van der Waals surface area contributed by atoms with Crippen LogP contribution in [0, 0.1) is 18.8 Å². The highest BCUT2D eigenvalue weighted by atomic mass is 32.1. The van der Waals surface area contributed by atoms with E-state index in [9.17, 15) is 9.59 Å². The molecule has 1 aromatic heterocycles. The molecule has 3 fully saturated rings. The van der Waals surface area contributed by atoms with Crippen LogP contribution in [-0.2, 0) is 9.53 Å². The Morgan fingerprint density at radius 3 is 2.61 bits per heavy atom. The molecule has 7 heteroatoms. The second-order valence-corrected chi connectivity index (χ2v) is 9.83. The predicted molar refractivity (Wildman–Crippen MR) is 110 cm³/mol. The maximum absolute atomic E-state index is 12.3. The number of aryl methyl sites for hydroxylation is 1. The van der Waals surface area contributed by atoms with Gasteiger partial charge in [0.05, 0.1) is 11.0 Å². The highest BCUT2D eigenvalue weighted by molar-refractivity contribution is 7.13. The van der Waals surface area contributed by atoms with E-state index in [1.807, 2.05) is 24.0 Å². The van der Waals surface area contributed by atoms with Crippen LogP contribution >= 0.6 is 11.3 Å². The summed E-state index contributed by atoms with van der Waals surface area (Å²) in [5.74, 6) is 1.55. The van der Waals surface area contributed by atoms with Gasteiger partial charge < -0.3 is 19.9 Å². The molecule has 3 aliphatic rings. The van der Waals surface area contributed by atoms with Gasteiger partial charge in [-0.1, -0.05) is 0 Å². The monoisotopic (exact) mass is 405 g/mol. The first kappa shape index (κ1) is 19.9. The molecule has 1 unspecified atom stereocenters. The summed E-state index contributed by atoms with van der Waals surface area (Å²) >= 11 is 1.49. The Morgan fingerprint density at radius 1 is 1.18 bits per heavy atom. The number of amides is 2. The van der Waals surface area contributed by atoms with Gasteiger partial charge in [-0.05, 0) is 69.7 Å². The smallest absolute Gasteiger partial charge is 0.261 e. The summed E-state index contributed by atoms with van der Waals surface area (Å²) in [5, 5.41) is 2.95. The zero-order valence-corrected chi connectivity index (χ0v) is 17.5. The van der Waals surface area contributed by atoms with Crippen molar-refractivity contribution in [3.8, 4) is 0 Å². The van der Waals surface area contributed by atoms with Crippen molar-refractivity contribution in [1.82, 2.24) is 15.1 Å². The van der Waals surface area contributed by atoms with Crippen LogP contribution in [0.25, 0.3) is 0 Å². The summed E-state index contributed by atoms with van der Waals surface area (Å²) in [4.78, 5) is 30.9. The second kappa shape index (κ2) is 8.93. The maximum Gasteiger partial charge on any atom is 0.261 e. The van der Waals surface area contributed by atoms with E-state index < -0.39 is 0 Å².